The number of nitrogens with one attached hydrogen (secondary N) is 1. The maximum Gasteiger partial charge on any atom is 0.293 e. The van der Waals surface area contributed by atoms with Crippen LogP contribution in [0.1, 0.15) is 19.6 Å². The third kappa shape index (κ3) is 3.71. The lowest BCUT2D eigenvalue weighted by Gasteiger charge is -2.10. The van der Waals surface area contributed by atoms with E-state index in [0.29, 0.717) is 24.8 Å². The van der Waals surface area contributed by atoms with Crippen LogP contribution in [0.15, 0.2) is 40.0 Å². The normalized spacial score (nSPS) is 10.9. The Bertz CT molecular complexity index is 558. The maximum atomic E-state index is 12.1. The molecule has 5 nitrogen and oxygen atoms in total. The van der Waals surface area contributed by atoms with Gasteiger partial charge in [-0.1, -0.05) is 13.8 Å². The lowest BCUT2D eigenvalue weighted by atomic mass is 10.2. The van der Waals surface area contributed by atoms with Gasteiger partial charge in [0.15, 0.2) is 5.82 Å². The van der Waals surface area contributed by atoms with Crippen molar-refractivity contribution in [3.8, 4) is 0 Å². The van der Waals surface area contributed by atoms with Crippen molar-refractivity contribution >= 4 is 5.82 Å². The summed E-state index contributed by atoms with van der Waals surface area (Å²) in [5.41, 5.74) is -0.0735. The molecule has 0 saturated heterocycles. The Labute approximate surface area is 112 Å². The summed E-state index contributed by atoms with van der Waals surface area (Å²) in [6, 6.07) is 3.77. The second kappa shape index (κ2) is 6.22. The lowest BCUT2D eigenvalue weighted by molar-refractivity contribution is 0.508. The van der Waals surface area contributed by atoms with Crippen LogP contribution < -0.4 is 10.9 Å². The summed E-state index contributed by atoms with van der Waals surface area (Å²) >= 11 is 0. The van der Waals surface area contributed by atoms with Gasteiger partial charge in [0.1, 0.15) is 5.76 Å². The first-order valence-corrected chi connectivity index (χ1v) is 6.48. The molecule has 0 aliphatic carbocycles. The molecule has 0 aromatic carbocycles. The lowest BCUT2D eigenvalue weighted by Crippen LogP contribution is -2.26. The van der Waals surface area contributed by atoms with Crippen LogP contribution in [-0.2, 0) is 13.0 Å². The van der Waals surface area contributed by atoms with Crippen LogP contribution in [-0.4, -0.2) is 16.1 Å². The zero-order chi connectivity index (χ0) is 13.7. The summed E-state index contributed by atoms with van der Waals surface area (Å²) < 4.78 is 6.92. The van der Waals surface area contributed by atoms with Gasteiger partial charge in [-0.15, -0.1) is 0 Å². The highest BCUT2D eigenvalue weighted by molar-refractivity contribution is 5.30. The molecular formula is C14H19N3O2. The first-order chi connectivity index (χ1) is 9.16. The van der Waals surface area contributed by atoms with Gasteiger partial charge in [0.05, 0.1) is 6.26 Å². The third-order valence-electron chi connectivity index (χ3n) is 2.72. The first-order valence-electron chi connectivity index (χ1n) is 6.48. The van der Waals surface area contributed by atoms with E-state index < -0.39 is 0 Å². The Morgan fingerprint density at radius 3 is 3.00 bits per heavy atom. The molecule has 102 valence electrons. The van der Waals surface area contributed by atoms with Crippen LogP contribution in [0.25, 0.3) is 0 Å². The summed E-state index contributed by atoms with van der Waals surface area (Å²) in [5, 5.41) is 3.06. The van der Waals surface area contributed by atoms with Crippen LogP contribution in [0.2, 0.25) is 0 Å². The fourth-order valence-corrected chi connectivity index (χ4v) is 1.86. The Kier molecular flexibility index (Phi) is 4.39. The third-order valence-corrected chi connectivity index (χ3v) is 2.72. The van der Waals surface area contributed by atoms with Gasteiger partial charge in [-0.2, -0.15) is 0 Å². The molecule has 0 amide bonds. The maximum absolute atomic E-state index is 12.1. The van der Waals surface area contributed by atoms with E-state index in [4.69, 9.17) is 4.42 Å². The standard InChI is InChI=1S/C14H19N3O2/c1-11(2)10-17-8-7-16-13(14(17)18)15-6-5-12-4-3-9-19-12/h3-4,7-9,11H,5-6,10H2,1-2H3,(H,15,16). The van der Waals surface area contributed by atoms with E-state index in [1.54, 1.807) is 23.2 Å². The quantitative estimate of drug-likeness (QED) is 0.865. The van der Waals surface area contributed by atoms with Gasteiger partial charge in [-0.05, 0) is 18.1 Å². The Morgan fingerprint density at radius 1 is 1.47 bits per heavy atom. The number of hydrogen-bond acceptors (Lipinski definition) is 4. The molecule has 2 heterocycles. The van der Waals surface area contributed by atoms with Crippen molar-refractivity contribution in [3.63, 3.8) is 0 Å². The Morgan fingerprint density at radius 2 is 2.32 bits per heavy atom. The molecule has 0 atom stereocenters. The highest BCUT2D eigenvalue weighted by Crippen LogP contribution is 2.02. The summed E-state index contributed by atoms with van der Waals surface area (Å²) in [6.45, 7) is 5.49. The van der Waals surface area contributed by atoms with Gasteiger partial charge in [0.2, 0.25) is 0 Å². The highest BCUT2D eigenvalue weighted by Gasteiger charge is 2.05. The van der Waals surface area contributed by atoms with Gasteiger partial charge >= 0.3 is 0 Å². The molecule has 5 heteroatoms. The zero-order valence-corrected chi connectivity index (χ0v) is 11.3. The molecular weight excluding hydrogens is 242 g/mol. The summed E-state index contributed by atoms with van der Waals surface area (Å²) in [4.78, 5) is 16.2. The second-order valence-corrected chi connectivity index (χ2v) is 4.88. The van der Waals surface area contributed by atoms with E-state index in [1.165, 1.54) is 0 Å². The van der Waals surface area contributed by atoms with Gasteiger partial charge in [-0.25, -0.2) is 4.98 Å². The van der Waals surface area contributed by atoms with Crippen LogP contribution in [0.5, 0.6) is 0 Å². The van der Waals surface area contributed by atoms with E-state index in [2.05, 4.69) is 24.1 Å². The number of anilines is 1. The van der Waals surface area contributed by atoms with E-state index in [-0.39, 0.29) is 5.56 Å². The van der Waals surface area contributed by atoms with Crippen molar-refractivity contribution in [2.75, 3.05) is 11.9 Å². The highest BCUT2D eigenvalue weighted by atomic mass is 16.3. The van der Waals surface area contributed by atoms with E-state index >= 15 is 0 Å². The van der Waals surface area contributed by atoms with Crippen LogP contribution in [0.4, 0.5) is 5.82 Å². The van der Waals surface area contributed by atoms with E-state index in [1.807, 2.05) is 12.1 Å². The van der Waals surface area contributed by atoms with Crippen molar-refractivity contribution in [1.29, 1.82) is 0 Å². The minimum Gasteiger partial charge on any atom is -0.469 e. The van der Waals surface area contributed by atoms with Gasteiger partial charge in [0.25, 0.3) is 5.56 Å². The monoisotopic (exact) mass is 261 g/mol. The molecule has 19 heavy (non-hydrogen) atoms. The zero-order valence-electron chi connectivity index (χ0n) is 11.3. The van der Waals surface area contributed by atoms with Crippen LogP contribution in [0, 0.1) is 5.92 Å². The molecule has 0 bridgehead atoms. The molecule has 0 fully saturated rings. The van der Waals surface area contributed by atoms with Crippen molar-refractivity contribution < 1.29 is 4.42 Å². The van der Waals surface area contributed by atoms with Gasteiger partial charge in [0, 0.05) is 31.9 Å². The predicted octanol–water partition coefficient (Wildman–Crippen LogP) is 2.15. The number of aromatic nitrogens is 2. The minimum absolute atomic E-state index is 0.0735. The van der Waals surface area contributed by atoms with Gasteiger partial charge in [-0.3, -0.25) is 4.79 Å². The minimum atomic E-state index is -0.0735. The largest absolute Gasteiger partial charge is 0.469 e. The second-order valence-electron chi connectivity index (χ2n) is 4.88. The number of nitrogens with zero attached hydrogens (tertiary/aromatic N) is 2. The fraction of sp³-hybridized carbons (Fsp3) is 0.429. The van der Waals surface area contributed by atoms with Crippen LogP contribution >= 0.6 is 0 Å². The molecule has 2 aromatic rings. The van der Waals surface area contributed by atoms with E-state index in [0.717, 1.165) is 12.2 Å². The molecule has 0 unspecified atom stereocenters. The average molecular weight is 261 g/mol. The molecule has 0 aliphatic rings. The van der Waals surface area contributed by atoms with Crippen molar-refractivity contribution in [1.82, 2.24) is 9.55 Å². The molecule has 2 rings (SSSR count). The molecule has 0 aliphatic heterocycles. The molecule has 1 N–H and O–H groups in total. The number of rotatable bonds is 6. The average Bonchev–Trinajstić information content (AvgIpc) is 2.86. The molecule has 2 aromatic heterocycles. The molecule has 0 radical (unpaired) electrons. The SMILES string of the molecule is CC(C)Cn1ccnc(NCCc2ccco2)c1=O. The molecule has 0 spiro atoms. The Hall–Kier alpha value is -2.04. The topological polar surface area (TPSA) is 60.1 Å². The van der Waals surface area contributed by atoms with Gasteiger partial charge < -0.3 is 14.3 Å². The Balaban J connectivity index is 1.98. The molecule has 0 saturated carbocycles. The van der Waals surface area contributed by atoms with Crippen molar-refractivity contribution in [2.45, 2.75) is 26.8 Å². The summed E-state index contributed by atoms with van der Waals surface area (Å²) in [6.07, 6.45) is 5.75. The number of furan rings is 1. The van der Waals surface area contributed by atoms with Crippen molar-refractivity contribution in [2.24, 2.45) is 5.92 Å². The first kappa shape index (κ1) is 13.4. The smallest absolute Gasteiger partial charge is 0.293 e. The predicted molar refractivity (Wildman–Crippen MR) is 74.2 cm³/mol. The summed E-state index contributed by atoms with van der Waals surface area (Å²) in [5.74, 6) is 1.72. The van der Waals surface area contributed by atoms with E-state index in [9.17, 15) is 4.79 Å². The number of hydrogen-bond donors (Lipinski definition) is 1. The van der Waals surface area contributed by atoms with Crippen molar-refractivity contribution in [3.05, 3.63) is 46.9 Å². The van der Waals surface area contributed by atoms with Crippen LogP contribution in [0.3, 0.4) is 0 Å². The fourth-order valence-electron chi connectivity index (χ4n) is 1.86. The summed E-state index contributed by atoms with van der Waals surface area (Å²) in [7, 11) is 0.